The summed E-state index contributed by atoms with van der Waals surface area (Å²) in [4.78, 5) is 26.9. The van der Waals surface area contributed by atoms with Gasteiger partial charge in [-0.2, -0.15) is 0 Å². The zero-order valence-corrected chi connectivity index (χ0v) is 27.9. The SMILES string of the molecule is CC1Cc2c(c(O)c3c(C4=C(O)C(=O)C(=O)c5c4cc4c(c5O)C(C)OC(C)C4O)cc(OC4OC(CO)C(O)C(O)C4O)cc3c2O)C(C)O1. The maximum Gasteiger partial charge on any atom is 0.268 e. The number of aliphatic hydroxyl groups excluding tert-OH is 6. The molecule has 1 aliphatic carbocycles. The lowest BCUT2D eigenvalue weighted by Gasteiger charge is -2.39. The number of fused-ring (bicyclic) bond motifs is 4. The topological polar surface area (TPSA) is 253 Å². The predicted octanol–water partition coefficient (Wildman–Crippen LogP) is 1.75. The summed E-state index contributed by atoms with van der Waals surface area (Å²) in [6.45, 7) is 5.90. The summed E-state index contributed by atoms with van der Waals surface area (Å²) in [7, 11) is 0. The number of ketones is 2. The Morgan fingerprint density at radius 1 is 0.765 bits per heavy atom. The minimum atomic E-state index is -1.84. The molecule has 3 heterocycles. The van der Waals surface area contributed by atoms with Crippen molar-refractivity contribution in [3.8, 4) is 23.0 Å². The fraction of sp³-hybridized carbons (Fsp3) is 0.444. The molecule has 272 valence electrons. The normalized spacial score (nSPS) is 32.1. The molecule has 0 radical (unpaired) electrons. The average Bonchev–Trinajstić information content (AvgIpc) is 3.08. The van der Waals surface area contributed by atoms with E-state index >= 15 is 0 Å². The van der Waals surface area contributed by atoms with Crippen molar-refractivity contribution in [3.05, 3.63) is 62.9 Å². The van der Waals surface area contributed by atoms with Crippen molar-refractivity contribution in [2.45, 2.75) is 95.3 Å². The van der Waals surface area contributed by atoms with E-state index < -0.39 is 96.1 Å². The fourth-order valence-corrected chi connectivity index (χ4v) is 7.84. The lowest BCUT2D eigenvalue weighted by molar-refractivity contribution is -0.277. The van der Waals surface area contributed by atoms with Crippen LogP contribution in [0.2, 0.25) is 0 Å². The molecule has 10 unspecified atom stereocenters. The van der Waals surface area contributed by atoms with Crippen molar-refractivity contribution >= 4 is 27.9 Å². The second-order valence-corrected chi connectivity index (χ2v) is 13.6. The third kappa shape index (κ3) is 5.18. The van der Waals surface area contributed by atoms with Crippen LogP contribution in [0.3, 0.4) is 0 Å². The highest BCUT2D eigenvalue weighted by Gasteiger charge is 2.46. The molecule has 0 bridgehead atoms. The quantitative estimate of drug-likeness (QED) is 0.138. The van der Waals surface area contributed by atoms with Gasteiger partial charge in [0.25, 0.3) is 5.78 Å². The highest BCUT2D eigenvalue weighted by Crippen LogP contribution is 2.53. The summed E-state index contributed by atoms with van der Waals surface area (Å²) in [5.41, 5.74) is -0.446. The Morgan fingerprint density at radius 2 is 1.45 bits per heavy atom. The van der Waals surface area contributed by atoms with Crippen LogP contribution in [0.15, 0.2) is 24.0 Å². The number of carbonyl (C=O) groups is 2. The molecular formula is C36H38O15. The zero-order valence-electron chi connectivity index (χ0n) is 27.9. The van der Waals surface area contributed by atoms with Gasteiger partial charge in [-0.15, -0.1) is 0 Å². The molecule has 0 saturated carbocycles. The molecule has 15 nitrogen and oxygen atoms in total. The van der Waals surface area contributed by atoms with Gasteiger partial charge in [-0.1, -0.05) is 0 Å². The van der Waals surface area contributed by atoms with Crippen LogP contribution >= 0.6 is 0 Å². The summed E-state index contributed by atoms with van der Waals surface area (Å²) < 4.78 is 23.1. The maximum atomic E-state index is 13.4. The molecule has 7 rings (SSSR count). The van der Waals surface area contributed by atoms with Gasteiger partial charge in [0.15, 0.2) is 5.76 Å². The Bertz CT molecular complexity index is 2020. The van der Waals surface area contributed by atoms with Crippen LogP contribution in [0, 0.1) is 0 Å². The van der Waals surface area contributed by atoms with Crippen LogP contribution in [-0.4, -0.2) is 107 Å². The molecule has 3 aromatic rings. The molecule has 3 aliphatic heterocycles. The van der Waals surface area contributed by atoms with E-state index in [2.05, 4.69) is 0 Å². The number of Topliss-reactive ketones (excluding diaryl/α,β-unsaturated/α-hetero) is 2. The van der Waals surface area contributed by atoms with Gasteiger partial charge in [-0.3, -0.25) is 9.59 Å². The first-order valence-electron chi connectivity index (χ1n) is 16.5. The average molecular weight is 711 g/mol. The summed E-state index contributed by atoms with van der Waals surface area (Å²) in [5.74, 6) is -5.29. The molecule has 0 aromatic heterocycles. The first-order valence-corrected chi connectivity index (χ1v) is 16.5. The first-order chi connectivity index (χ1) is 24.1. The Hall–Kier alpha value is -4.32. The number of phenols is 3. The Balaban J connectivity index is 1.53. The van der Waals surface area contributed by atoms with Crippen molar-refractivity contribution in [2.24, 2.45) is 0 Å². The van der Waals surface area contributed by atoms with E-state index in [1.165, 1.54) is 18.2 Å². The van der Waals surface area contributed by atoms with E-state index in [-0.39, 0.29) is 68.2 Å². The molecule has 0 amide bonds. The second kappa shape index (κ2) is 12.4. The number of allylic oxidation sites excluding steroid dienone is 1. The molecule has 51 heavy (non-hydrogen) atoms. The number of benzene rings is 3. The fourth-order valence-electron chi connectivity index (χ4n) is 7.84. The van der Waals surface area contributed by atoms with Crippen LogP contribution in [0.5, 0.6) is 23.0 Å². The largest absolute Gasteiger partial charge is 0.507 e. The highest BCUT2D eigenvalue weighted by molar-refractivity contribution is 6.53. The van der Waals surface area contributed by atoms with Crippen molar-refractivity contribution in [1.82, 2.24) is 0 Å². The van der Waals surface area contributed by atoms with E-state index in [0.29, 0.717) is 5.56 Å². The molecule has 1 saturated heterocycles. The van der Waals surface area contributed by atoms with E-state index in [0.717, 1.165) is 0 Å². The molecule has 9 N–H and O–H groups in total. The maximum absolute atomic E-state index is 13.4. The molecule has 1 fully saturated rings. The summed E-state index contributed by atoms with van der Waals surface area (Å²) in [5, 5.41) is 98.8. The molecular weight excluding hydrogens is 672 g/mol. The Kier molecular flexibility index (Phi) is 8.55. The molecule has 4 aliphatic rings. The van der Waals surface area contributed by atoms with Gasteiger partial charge >= 0.3 is 0 Å². The number of phenolic OH excluding ortho intramolecular Hbond substituents is 3. The van der Waals surface area contributed by atoms with Crippen LogP contribution in [0.4, 0.5) is 0 Å². The van der Waals surface area contributed by atoms with Gasteiger partial charge in [0.2, 0.25) is 12.1 Å². The molecule has 15 heteroatoms. The van der Waals surface area contributed by atoms with Gasteiger partial charge in [0.05, 0.1) is 36.6 Å². The van der Waals surface area contributed by atoms with Crippen LogP contribution in [-0.2, 0) is 25.4 Å². The molecule has 3 aromatic carbocycles. The number of rotatable bonds is 4. The van der Waals surface area contributed by atoms with Crippen LogP contribution in [0.25, 0.3) is 16.3 Å². The van der Waals surface area contributed by atoms with E-state index in [4.69, 9.17) is 18.9 Å². The van der Waals surface area contributed by atoms with Crippen LogP contribution < -0.4 is 4.74 Å². The Labute approximate surface area is 290 Å². The van der Waals surface area contributed by atoms with Crippen molar-refractivity contribution in [1.29, 1.82) is 0 Å². The lowest BCUT2D eigenvalue weighted by Crippen LogP contribution is -2.60. The summed E-state index contributed by atoms with van der Waals surface area (Å²) >= 11 is 0. The van der Waals surface area contributed by atoms with Crippen molar-refractivity contribution in [3.63, 3.8) is 0 Å². The number of carbonyl (C=O) groups excluding carboxylic acids is 2. The zero-order chi connectivity index (χ0) is 37.0. The minimum absolute atomic E-state index is 0.0614. The number of hydrogen-bond donors (Lipinski definition) is 9. The van der Waals surface area contributed by atoms with E-state index in [1.54, 1.807) is 27.7 Å². The highest BCUT2D eigenvalue weighted by atomic mass is 16.7. The number of aromatic hydroxyl groups is 3. The molecule has 0 spiro atoms. The van der Waals surface area contributed by atoms with E-state index in [9.17, 15) is 55.5 Å². The smallest absolute Gasteiger partial charge is 0.268 e. The van der Waals surface area contributed by atoms with Gasteiger partial charge < -0.3 is 64.9 Å². The van der Waals surface area contributed by atoms with Crippen LogP contribution in [0.1, 0.15) is 89.7 Å². The van der Waals surface area contributed by atoms with Crippen molar-refractivity contribution in [2.75, 3.05) is 6.61 Å². The first kappa shape index (κ1) is 35.1. The van der Waals surface area contributed by atoms with Gasteiger partial charge in [0, 0.05) is 50.6 Å². The van der Waals surface area contributed by atoms with E-state index in [1.807, 2.05) is 0 Å². The lowest BCUT2D eigenvalue weighted by atomic mass is 9.77. The van der Waals surface area contributed by atoms with Crippen molar-refractivity contribution < 1.29 is 74.5 Å². The van der Waals surface area contributed by atoms with Gasteiger partial charge in [0.1, 0.15) is 53.5 Å². The standard InChI is InChI=1S/C36H38O15/c1-10-5-17-21(11(2)48-10)29(41)24-15(6-14(7-18(24)27(17)39)50-36-35(47)33(45)28(40)20(9-37)51-36)23-16-8-19-22(12(3)49-13(4)26(19)38)30(42)25(16)32(44)34(46)31(23)43/h6-8,10-13,20,26,28,33,35-43,45,47H,5,9H2,1-4H3. The monoisotopic (exact) mass is 710 g/mol. The third-order valence-electron chi connectivity index (χ3n) is 10.3. The predicted molar refractivity (Wildman–Crippen MR) is 174 cm³/mol. The van der Waals surface area contributed by atoms with Gasteiger partial charge in [-0.05, 0) is 51.5 Å². The number of aliphatic hydroxyl groups is 6. The summed E-state index contributed by atoms with van der Waals surface area (Å²) in [6.07, 6.45) is -12.1. The number of ether oxygens (including phenoxy) is 4. The number of hydrogen-bond acceptors (Lipinski definition) is 15. The Morgan fingerprint density at radius 3 is 2.14 bits per heavy atom. The third-order valence-corrected chi connectivity index (χ3v) is 10.3. The minimum Gasteiger partial charge on any atom is -0.507 e. The second-order valence-electron chi connectivity index (χ2n) is 13.6. The van der Waals surface area contributed by atoms with Gasteiger partial charge in [-0.25, -0.2) is 0 Å². The summed E-state index contributed by atoms with van der Waals surface area (Å²) in [6, 6.07) is 3.84. The molecule has 10 atom stereocenters.